The molecule has 16 heavy (non-hydrogen) atoms. The molecule has 1 heterocycles. The normalized spacial score (nSPS) is 16.2. The lowest BCUT2D eigenvalue weighted by Crippen LogP contribution is -2.17. The maximum atomic E-state index is 10.8. The first kappa shape index (κ1) is 9.64. The molecule has 2 nitrogen and oxygen atoms in total. The van der Waals surface area contributed by atoms with E-state index in [1.54, 1.807) is 0 Å². The lowest BCUT2D eigenvalue weighted by atomic mass is 9.85. The highest BCUT2D eigenvalue weighted by Gasteiger charge is 2.18. The number of aldehydes is 1. The summed E-state index contributed by atoms with van der Waals surface area (Å²) in [4.78, 5) is 10.8. The van der Waals surface area contributed by atoms with Crippen LogP contribution in [-0.4, -0.2) is 10.9 Å². The highest BCUT2D eigenvalue weighted by molar-refractivity contribution is 5.87. The van der Waals surface area contributed by atoms with Crippen LogP contribution in [0.5, 0.6) is 0 Å². The predicted molar refractivity (Wildman–Crippen MR) is 64.7 cm³/mol. The molecule has 0 atom stereocenters. The molecule has 0 bridgehead atoms. The zero-order valence-electron chi connectivity index (χ0n) is 9.23. The second-order valence-electron chi connectivity index (χ2n) is 4.70. The average molecular weight is 213 g/mol. The van der Waals surface area contributed by atoms with Crippen molar-refractivity contribution in [3.63, 3.8) is 0 Å². The first-order valence-corrected chi connectivity index (χ1v) is 5.91. The number of carbonyl (C=O) groups excluding carboxylic acids is 1. The van der Waals surface area contributed by atoms with Crippen molar-refractivity contribution in [3.8, 4) is 0 Å². The molecule has 0 aliphatic heterocycles. The monoisotopic (exact) mass is 213 g/mol. The van der Waals surface area contributed by atoms with Crippen LogP contribution in [0, 0.1) is 5.92 Å². The largest absolute Gasteiger partial charge is 0.347 e. The Labute approximate surface area is 94.9 Å². The van der Waals surface area contributed by atoms with Gasteiger partial charge in [-0.2, -0.15) is 0 Å². The van der Waals surface area contributed by atoms with E-state index in [-0.39, 0.29) is 0 Å². The molecule has 0 radical (unpaired) electrons. The molecule has 0 saturated heterocycles. The fraction of sp³-hybridized carbons (Fsp3) is 0.357. The van der Waals surface area contributed by atoms with Gasteiger partial charge < -0.3 is 4.57 Å². The summed E-state index contributed by atoms with van der Waals surface area (Å²) >= 11 is 0. The molecule has 0 N–H and O–H groups in total. The number of rotatable bonds is 3. The Morgan fingerprint density at radius 2 is 2.19 bits per heavy atom. The van der Waals surface area contributed by atoms with Crippen LogP contribution in [0.15, 0.2) is 30.5 Å². The summed E-state index contributed by atoms with van der Waals surface area (Å²) in [6.07, 6.45) is 7.14. The number of hydrogen-bond donors (Lipinski definition) is 0. The molecule has 2 heteroatoms. The minimum atomic E-state index is 0.765. The lowest BCUT2D eigenvalue weighted by molar-refractivity contribution is 0.112. The number of nitrogens with zero attached hydrogens (tertiary/aromatic N) is 1. The summed E-state index contributed by atoms with van der Waals surface area (Å²) in [6.45, 7) is 1.10. The molecule has 1 aliphatic carbocycles. The third kappa shape index (κ3) is 1.54. The molecule has 0 unspecified atom stereocenters. The third-order valence-corrected chi connectivity index (χ3v) is 3.61. The van der Waals surface area contributed by atoms with Crippen molar-refractivity contribution >= 4 is 17.2 Å². The molecule has 0 amide bonds. The van der Waals surface area contributed by atoms with Crippen LogP contribution in [0.1, 0.15) is 29.6 Å². The molecule has 1 aromatic carbocycles. The molecule has 0 spiro atoms. The van der Waals surface area contributed by atoms with Crippen LogP contribution in [0.3, 0.4) is 0 Å². The molecule has 3 rings (SSSR count). The lowest BCUT2D eigenvalue weighted by Gasteiger charge is -2.26. The van der Waals surface area contributed by atoms with Crippen molar-refractivity contribution < 1.29 is 4.79 Å². The fourth-order valence-electron chi connectivity index (χ4n) is 2.39. The van der Waals surface area contributed by atoms with E-state index in [0.717, 1.165) is 24.3 Å². The van der Waals surface area contributed by atoms with Crippen LogP contribution < -0.4 is 0 Å². The van der Waals surface area contributed by atoms with Crippen molar-refractivity contribution in [1.82, 2.24) is 4.57 Å². The number of aromatic nitrogens is 1. The van der Waals surface area contributed by atoms with Gasteiger partial charge in [0.05, 0.1) is 0 Å². The summed E-state index contributed by atoms with van der Waals surface area (Å²) in [5, 5.41) is 1.23. The first-order valence-electron chi connectivity index (χ1n) is 5.91. The Balaban J connectivity index is 1.99. The van der Waals surface area contributed by atoms with Gasteiger partial charge in [0.2, 0.25) is 0 Å². The minimum Gasteiger partial charge on any atom is -0.347 e. The zero-order chi connectivity index (χ0) is 11.0. The molecular weight excluding hydrogens is 198 g/mol. The molecule has 2 aromatic rings. The molecule has 1 aromatic heterocycles. The molecule has 1 aliphatic rings. The highest BCUT2D eigenvalue weighted by atomic mass is 16.1. The highest BCUT2D eigenvalue weighted by Crippen LogP contribution is 2.29. The zero-order valence-corrected chi connectivity index (χ0v) is 9.23. The maximum Gasteiger partial charge on any atom is 0.150 e. The van der Waals surface area contributed by atoms with Gasteiger partial charge in [-0.15, -0.1) is 0 Å². The molecule has 1 saturated carbocycles. The van der Waals surface area contributed by atoms with Crippen molar-refractivity contribution in [2.75, 3.05) is 0 Å². The number of benzene rings is 1. The van der Waals surface area contributed by atoms with Crippen LogP contribution in [0.2, 0.25) is 0 Å². The number of fused-ring (bicyclic) bond motifs is 1. The number of hydrogen-bond acceptors (Lipinski definition) is 1. The quantitative estimate of drug-likeness (QED) is 0.717. The van der Waals surface area contributed by atoms with Gasteiger partial charge in [0.1, 0.15) is 6.29 Å². The van der Waals surface area contributed by atoms with E-state index in [4.69, 9.17) is 0 Å². The van der Waals surface area contributed by atoms with Gasteiger partial charge in [-0.1, -0.05) is 18.6 Å². The van der Waals surface area contributed by atoms with E-state index in [9.17, 15) is 4.79 Å². The van der Waals surface area contributed by atoms with E-state index in [2.05, 4.69) is 16.8 Å². The molecule has 82 valence electrons. The first-order chi connectivity index (χ1) is 7.86. The van der Waals surface area contributed by atoms with Crippen LogP contribution in [-0.2, 0) is 6.54 Å². The fourth-order valence-corrected chi connectivity index (χ4v) is 2.39. The molecule has 1 fully saturated rings. The van der Waals surface area contributed by atoms with Gasteiger partial charge in [-0.05, 0) is 36.3 Å². The minimum absolute atomic E-state index is 0.765. The Morgan fingerprint density at radius 1 is 1.31 bits per heavy atom. The van der Waals surface area contributed by atoms with E-state index in [1.807, 2.05) is 18.2 Å². The standard InChI is InChI=1S/C14H15NO/c16-10-12-4-5-13-6-7-15(14(13)8-12)9-11-2-1-3-11/h4-8,10-11H,1-3,9H2. The predicted octanol–water partition coefficient (Wildman–Crippen LogP) is 3.25. The summed E-state index contributed by atoms with van der Waals surface area (Å²) < 4.78 is 2.28. The van der Waals surface area contributed by atoms with Gasteiger partial charge in [-0.3, -0.25) is 4.79 Å². The summed E-state index contributed by atoms with van der Waals surface area (Å²) in [6, 6.07) is 8.02. The van der Waals surface area contributed by atoms with Gasteiger partial charge in [0, 0.05) is 23.8 Å². The topological polar surface area (TPSA) is 22.0 Å². The van der Waals surface area contributed by atoms with E-state index >= 15 is 0 Å². The van der Waals surface area contributed by atoms with Crippen LogP contribution in [0.25, 0.3) is 10.9 Å². The van der Waals surface area contributed by atoms with Crippen molar-refractivity contribution in [1.29, 1.82) is 0 Å². The van der Waals surface area contributed by atoms with Crippen molar-refractivity contribution in [3.05, 3.63) is 36.0 Å². The Bertz CT molecular complexity index is 523. The van der Waals surface area contributed by atoms with Gasteiger partial charge in [0.25, 0.3) is 0 Å². The van der Waals surface area contributed by atoms with E-state index in [1.165, 1.54) is 30.2 Å². The summed E-state index contributed by atoms with van der Waals surface area (Å²) in [7, 11) is 0. The SMILES string of the molecule is O=Cc1ccc2ccn(CC3CCC3)c2c1. The maximum absolute atomic E-state index is 10.8. The second kappa shape index (κ2) is 3.78. The Kier molecular flexibility index (Phi) is 2.28. The van der Waals surface area contributed by atoms with Gasteiger partial charge in [0.15, 0.2) is 0 Å². The van der Waals surface area contributed by atoms with Crippen LogP contribution in [0.4, 0.5) is 0 Å². The van der Waals surface area contributed by atoms with E-state index in [0.29, 0.717) is 0 Å². The Hall–Kier alpha value is -1.57. The van der Waals surface area contributed by atoms with E-state index < -0.39 is 0 Å². The third-order valence-electron chi connectivity index (χ3n) is 3.61. The Morgan fingerprint density at radius 3 is 2.88 bits per heavy atom. The average Bonchev–Trinajstić information content (AvgIpc) is 2.65. The summed E-state index contributed by atoms with van der Waals surface area (Å²) in [5.41, 5.74) is 1.96. The smallest absolute Gasteiger partial charge is 0.150 e. The van der Waals surface area contributed by atoms with Crippen molar-refractivity contribution in [2.24, 2.45) is 5.92 Å². The molecular formula is C14H15NO. The van der Waals surface area contributed by atoms with Crippen LogP contribution >= 0.6 is 0 Å². The van der Waals surface area contributed by atoms with Crippen molar-refractivity contribution in [2.45, 2.75) is 25.8 Å². The van der Waals surface area contributed by atoms with Gasteiger partial charge >= 0.3 is 0 Å². The number of carbonyl (C=O) groups is 1. The summed E-state index contributed by atoms with van der Waals surface area (Å²) in [5.74, 6) is 0.843. The second-order valence-corrected chi connectivity index (χ2v) is 4.70. The van der Waals surface area contributed by atoms with Gasteiger partial charge in [-0.25, -0.2) is 0 Å².